The molecule has 3 aliphatic rings. The topological polar surface area (TPSA) is 127 Å². The predicted molar refractivity (Wildman–Crippen MR) is 120 cm³/mol. The standard InChI is InChI=1S/C15H18O6.C4H8O2.C3H8.C2H6/c1-7-10(17)5-9-11(20-8(2)16)3-4-15(19)6-12(18)21-14(15)13(7)9;1-2-3-4(5)6;1-3-2;1-2/h9,11,14,19H,3-6H2,1-2H3;2-3H2,1H3,(H,5,6);3H2,1-2H3;1-2H3. The fourth-order valence-electron chi connectivity index (χ4n) is 3.98. The van der Waals surface area contributed by atoms with Crippen LogP contribution in [0.1, 0.15) is 93.4 Å². The Morgan fingerprint density at radius 2 is 1.75 bits per heavy atom. The molecule has 2 aliphatic carbocycles. The first-order valence-electron chi connectivity index (χ1n) is 11.5. The summed E-state index contributed by atoms with van der Waals surface area (Å²) >= 11 is 0. The minimum atomic E-state index is -1.30. The van der Waals surface area contributed by atoms with Crippen molar-refractivity contribution in [1.29, 1.82) is 0 Å². The second-order valence-electron chi connectivity index (χ2n) is 8.00. The zero-order chi connectivity index (χ0) is 25.1. The molecule has 1 saturated carbocycles. The van der Waals surface area contributed by atoms with E-state index in [0.29, 0.717) is 30.4 Å². The van der Waals surface area contributed by atoms with Crippen LogP contribution in [0.25, 0.3) is 0 Å². The number of Topliss-reactive ketones (excluding diaryl/α,β-unsaturated/α-hetero) is 1. The molecule has 0 aromatic heterocycles. The Bertz CT molecular complexity index is 696. The van der Waals surface area contributed by atoms with Crippen molar-refractivity contribution in [2.75, 3.05) is 0 Å². The number of aliphatic hydroxyl groups is 1. The van der Waals surface area contributed by atoms with Crippen molar-refractivity contribution in [3.63, 3.8) is 0 Å². The van der Waals surface area contributed by atoms with Crippen molar-refractivity contribution in [3.05, 3.63) is 11.1 Å². The second-order valence-corrected chi connectivity index (χ2v) is 8.00. The number of hydrogen-bond donors (Lipinski definition) is 2. The Morgan fingerprint density at radius 1 is 1.19 bits per heavy atom. The number of rotatable bonds is 3. The number of hydrogen-bond acceptors (Lipinski definition) is 7. The molecule has 0 spiro atoms. The molecule has 0 amide bonds. The normalized spacial score (nSPS) is 27.7. The molecule has 0 aromatic carbocycles. The van der Waals surface area contributed by atoms with Gasteiger partial charge in [0.1, 0.15) is 11.7 Å². The molecule has 8 heteroatoms. The van der Waals surface area contributed by atoms with E-state index in [2.05, 4.69) is 13.8 Å². The first kappa shape index (κ1) is 29.8. The van der Waals surface area contributed by atoms with E-state index in [4.69, 9.17) is 14.6 Å². The molecule has 1 aliphatic heterocycles. The SMILES string of the molecule is CC.CC(=O)OC1CCC2(O)CC(=O)OC2C2=C(C)C(=O)CC21.CCC.CCCC(=O)O. The Kier molecular flexibility index (Phi) is 13.1. The van der Waals surface area contributed by atoms with Crippen LogP contribution in [0.2, 0.25) is 0 Å². The lowest BCUT2D eigenvalue weighted by Gasteiger charge is -2.27. The number of carboxylic acid groups (broad SMARTS) is 1. The first-order valence-corrected chi connectivity index (χ1v) is 11.5. The maximum Gasteiger partial charge on any atom is 0.309 e. The van der Waals surface area contributed by atoms with Gasteiger partial charge in [0.2, 0.25) is 0 Å². The van der Waals surface area contributed by atoms with Gasteiger partial charge >= 0.3 is 17.9 Å². The maximum atomic E-state index is 12.0. The highest BCUT2D eigenvalue weighted by Gasteiger charge is 2.56. The largest absolute Gasteiger partial charge is 0.481 e. The van der Waals surface area contributed by atoms with Crippen molar-refractivity contribution in [2.45, 2.75) is 111 Å². The Balaban J connectivity index is 0.000000740. The molecule has 8 nitrogen and oxygen atoms in total. The van der Waals surface area contributed by atoms with Gasteiger partial charge in [0.25, 0.3) is 0 Å². The van der Waals surface area contributed by atoms with Crippen molar-refractivity contribution in [3.8, 4) is 0 Å². The summed E-state index contributed by atoms with van der Waals surface area (Å²) in [7, 11) is 0. The van der Waals surface area contributed by atoms with Crippen LogP contribution < -0.4 is 0 Å². The van der Waals surface area contributed by atoms with Gasteiger partial charge in [-0.1, -0.05) is 41.0 Å². The average molecular weight is 457 g/mol. The number of carboxylic acids is 1. The molecule has 1 heterocycles. The zero-order valence-electron chi connectivity index (χ0n) is 20.5. The van der Waals surface area contributed by atoms with E-state index in [1.54, 1.807) is 6.92 Å². The van der Waals surface area contributed by atoms with Gasteiger partial charge in [0.05, 0.1) is 6.42 Å². The third-order valence-electron chi connectivity index (χ3n) is 5.22. The summed E-state index contributed by atoms with van der Waals surface area (Å²) in [6.45, 7) is 13.1. The van der Waals surface area contributed by atoms with Gasteiger partial charge in [0, 0.05) is 25.7 Å². The monoisotopic (exact) mass is 456 g/mol. The van der Waals surface area contributed by atoms with Crippen LogP contribution in [0, 0.1) is 5.92 Å². The summed E-state index contributed by atoms with van der Waals surface area (Å²) in [6, 6.07) is 0. The molecule has 2 fully saturated rings. The van der Waals surface area contributed by atoms with Gasteiger partial charge in [0.15, 0.2) is 11.9 Å². The van der Waals surface area contributed by atoms with Gasteiger partial charge in [-0.05, 0) is 37.3 Å². The molecule has 0 aromatic rings. The summed E-state index contributed by atoms with van der Waals surface area (Å²) < 4.78 is 10.6. The van der Waals surface area contributed by atoms with Crippen LogP contribution in [-0.4, -0.2) is 51.7 Å². The number of aliphatic carboxylic acids is 1. The zero-order valence-corrected chi connectivity index (χ0v) is 20.5. The van der Waals surface area contributed by atoms with Gasteiger partial charge in [-0.15, -0.1) is 0 Å². The van der Waals surface area contributed by atoms with Crippen LogP contribution >= 0.6 is 0 Å². The smallest absolute Gasteiger partial charge is 0.309 e. The highest BCUT2D eigenvalue weighted by Crippen LogP contribution is 2.48. The summed E-state index contributed by atoms with van der Waals surface area (Å²) in [4.78, 5) is 44.5. The number of ketones is 1. The number of ether oxygens (including phenoxy) is 2. The van der Waals surface area contributed by atoms with Crippen LogP contribution in [0.5, 0.6) is 0 Å². The minimum absolute atomic E-state index is 0.0423. The molecule has 3 rings (SSSR count). The predicted octanol–water partition coefficient (Wildman–Crippen LogP) is 3.98. The van der Waals surface area contributed by atoms with E-state index in [1.807, 2.05) is 20.8 Å². The lowest BCUT2D eigenvalue weighted by molar-refractivity contribution is -0.150. The van der Waals surface area contributed by atoms with Crippen LogP contribution in [0.4, 0.5) is 0 Å². The van der Waals surface area contributed by atoms with E-state index in [9.17, 15) is 24.3 Å². The summed E-state index contributed by atoms with van der Waals surface area (Å²) in [6.07, 6.45) is 1.91. The molecule has 4 unspecified atom stereocenters. The number of carbonyl (C=O) groups excluding carboxylic acids is 3. The summed E-state index contributed by atoms with van der Waals surface area (Å²) in [5.41, 5.74) is -0.139. The minimum Gasteiger partial charge on any atom is -0.481 e. The fraction of sp³-hybridized carbons (Fsp3) is 0.750. The van der Waals surface area contributed by atoms with Gasteiger partial charge in [-0.2, -0.15) is 0 Å². The molecule has 0 radical (unpaired) electrons. The molecular weight excluding hydrogens is 416 g/mol. The Hall–Kier alpha value is -2.22. The molecule has 1 saturated heterocycles. The number of fused-ring (bicyclic) bond motifs is 3. The molecule has 2 N–H and O–H groups in total. The number of allylic oxidation sites excluding steroid dienone is 1. The Morgan fingerprint density at radius 3 is 2.19 bits per heavy atom. The second kappa shape index (κ2) is 14.0. The van der Waals surface area contributed by atoms with Crippen molar-refractivity contribution >= 4 is 23.7 Å². The summed E-state index contributed by atoms with van der Waals surface area (Å²) in [5, 5.41) is 18.6. The molecular formula is C24H40O8. The van der Waals surface area contributed by atoms with E-state index in [0.717, 1.165) is 6.42 Å². The highest BCUT2D eigenvalue weighted by atomic mass is 16.6. The number of carbonyl (C=O) groups is 4. The van der Waals surface area contributed by atoms with E-state index < -0.39 is 35.7 Å². The Labute approximate surface area is 191 Å². The molecule has 0 bridgehead atoms. The number of esters is 2. The van der Waals surface area contributed by atoms with Crippen LogP contribution in [0.15, 0.2) is 11.1 Å². The van der Waals surface area contributed by atoms with E-state index >= 15 is 0 Å². The van der Waals surface area contributed by atoms with Gasteiger partial charge < -0.3 is 19.7 Å². The molecule has 184 valence electrons. The summed E-state index contributed by atoms with van der Waals surface area (Å²) in [5.74, 6) is -1.91. The lowest BCUT2D eigenvalue weighted by Crippen LogP contribution is -2.39. The van der Waals surface area contributed by atoms with Crippen molar-refractivity contribution < 1.29 is 38.9 Å². The third kappa shape index (κ3) is 8.04. The third-order valence-corrected chi connectivity index (χ3v) is 5.22. The van der Waals surface area contributed by atoms with Crippen molar-refractivity contribution in [1.82, 2.24) is 0 Å². The molecule has 4 atom stereocenters. The van der Waals surface area contributed by atoms with Gasteiger partial charge in [-0.3, -0.25) is 19.2 Å². The highest BCUT2D eigenvalue weighted by molar-refractivity contribution is 5.99. The lowest BCUT2D eigenvalue weighted by atomic mass is 9.86. The molecule has 32 heavy (non-hydrogen) atoms. The maximum absolute atomic E-state index is 12.0. The fourth-order valence-corrected chi connectivity index (χ4v) is 3.98. The average Bonchev–Trinajstić information content (AvgIpc) is 3.13. The van der Waals surface area contributed by atoms with Gasteiger partial charge in [-0.25, -0.2) is 0 Å². The van der Waals surface area contributed by atoms with E-state index in [1.165, 1.54) is 13.3 Å². The first-order chi connectivity index (χ1) is 15.0. The quantitative estimate of drug-likeness (QED) is 0.611. The van der Waals surface area contributed by atoms with Crippen LogP contribution in [-0.2, 0) is 28.7 Å². The van der Waals surface area contributed by atoms with Crippen molar-refractivity contribution in [2.24, 2.45) is 5.92 Å². The van der Waals surface area contributed by atoms with Crippen LogP contribution in [0.3, 0.4) is 0 Å². The van der Waals surface area contributed by atoms with E-state index in [-0.39, 0.29) is 24.5 Å².